The number of carbonyl (C=O) groups is 2. The smallest absolute Gasteiger partial charge is 0.311 e. The molecule has 1 amide bonds. The Kier molecular flexibility index (Phi) is 4.02. The van der Waals surface area contributed by atoms with Crippen LogP contribution in [0.2, 0.25) is 0 Å². The van der Waals surface area contributed by atoms with E-state index >= 15 is 0 Å². The number of aryl methyl sites for hydroxylation is 2. The van der Waals surface area contributed by atoms with Gasteiger partial charge in [0.15, 0.2) is 0 Å². The fourth-order valence-corrected chi connectivity index (χ4v) is 4.63. The Balaban J connectivity index is 1.66. The van der Waals surface area contributed by atoms with Gasteiger partial charge in [-0.2, -0.15) is 0 Å². The van der Waals surface area contributed by atoms with Crippen molar-refractivity contribution in [2.45, 2.75) is 51.4 Å². The van der Waals surface area contributed by atoms with Crippen LogP contribution in [-0.2, 0) is 17.6 Å². The van der Waals surface area contributed by atoms with Crippen LogP contribution in [0.25, 0.3) is 0 Å². The molecule has 0 saturated heterocycles. The van der Waals surface area contributed by atoms with Gasteiger partial charge >= 0.3 is 5.97 Å². The first kappa shape index (κ1) is 14.6. The van der Waals surface area contributed by atoms with Gasteiger partial charge in [0.1, 0.15) is 0 Å². The van der Waals surface area contributed by atoms with Gasteiger partial charge in [0.2, 0.25) is 0 Å². The van der Waals surface area contributed by atoms with Crippen LogP contribution in [0.4, 0.5) is 0 Å². The molecule has 1 aromatic rings. The third-order valence-corrected chi connectivity index (χ3v) is 6.06. The maximum atomic E-state index is 12.3. The Morgan fingerprint density at radius 1 is 1.19 bits per heavy atom. The highest BCUT2D eigenvalue weighted by Gasteiger charge is 2.41. The molecule has 2 aliphatic carbocycles. The number of rotatable bonds is 4. The van der Waals surface area contributed by atoms with E-state index in [9.17, 15) is 14.7 Å². The first-order valence-corrected chi connectivity index (χ1v) is 8.56. The molecule has 0 radical (unpaired) electrons. The predicted octanol–water partition coefficient (Wildman–Crippen LogP) is 3.00. The van der Waals surface area contributed by atoms with Gasteiger partial charge in [-0.25, -0.2) is 0 Å². The summed E-state index contributed by atoms with van der Waals surface area (Å²) in [6.07, 6.45) is 7.77. The molecule has 0 spiro atoms. The van der Waals surface area contributed by atoms with Gasteiger partial charge in [0, 0.05) is 11.4 Å². The number of fused-ring (bicyclic) bond motifs is 1. The molecule has 114 valence electrons. The average molecular weight is 307 g/mol. The minimum absolute atomic E-state index is 0.109. The van der Waals surface area contributed by atoms with Crippen LogP contribution in [0.5, 0.6) is 0 Å². The molecule has 2 aliphatic rings. The van der Waals surface area contributed by atoms with Gasteiger partial charge in [-0.1, -0.05) is 12.8 Å². The summed E-state index contributed by atoms with van der Waals surface area (Å²) in [5.41, 5.74) is 0.567. The molecule has 4 nitrogen and oxygen atoms in total. The summed E-state index contributed by atoms with van der Waals surface area (Å²) >= 11 is 1.57. The lowest BCUT2D eigenvalue weighted by Crippen LogP contribution is -2.41. The second-order valence-corrected chi connectivity index (χ2v) is 7.38. The molecule has 1 heterocycles. The van der Waals surface area contributed by atoms with E-state index in [4.69, 9.17) is 0 Å². The number of thiophene rings is 1. The summed E-state index contributed by atoms with van der Waals surface area (Å²) in [5.74, 6) is -0.882. The van der Waals surface area contributed by atoms with Crippen LogP contribution in [0.1, 0.15) is 58.6 Å². The lowest BCUT2D eigenvalue weighted by molar-refractivity contribution is -0.148. The van der Waals surface area contributed by atoms with Crippen LogP contribution >= 0.6 is 11.3 Å². The van der Waals surface area contributed by atoms with Gasteiger partial charge in [-0.3, -0.25) is 9.59 Å². The van der Waals surface area contributed by atoms with Gasteiger partial charge in [0.25, 0.3) is 5.91 Å². The van der Waals surface area contributed by atoms with Gasteiger partial charge in [0.05, 0.1) is 10.3 Å². The maximum Gasteiger partial charge on any atom is 0.311 e. The molecule has 2 N–H and O–H groups in total. The van der Waals surface area contributed by atoms with Crippen LogP contribution in [-0.4, -0.2) is 23.5 Å². The lowest BCUT2D eigenvalue weighted by atomic mass is 9.86. The molecule has 1 fully saturated rings. The molecular weight excluding hydrogens is 286 g/mol. The van der Waals surface area contributed by atoms with Gasteiger partial charge in [-0.05, 0) is 50.2 Å². The summed E-state index contributed by atoms with van der Waals surface area (Å²) in [6.45, 7) is 0.254. The normalized spacial score (nSPS) is 20.0. The van der Waals surface area contributed by atoms with Crippen molar-refractivity contribution in [2.24, 2.45) is 5.41 Å². The van der Waals surface area contributed by atoms with Crippen LogP contribution < -0.4 is 5.32 Å². The number of hydrogen-bond acceptors (Lipinski definition) is 3. The van der Waals surface area contributed by atoms with Crippen molar-refractivity contribution >= 4 is 23.2 Å². The summed E-state index contributed by atoms with van der Waals surface area (Å²) in [5, 5.41) is 12.3. The molecule has 1 aromatic heterocycles. The first-order chi connectivity index (χ1) is 10.1. The van der Waals surface area contributed by atoms with Crippen molar-refractivity contribution in [2.75, 3.05) is 6.54 Å². The van der Waals surface area contributed by atoms with E-state index in [0.29, 0.717) is 12.8 Å². The molecule has 5 heteroatoms. The fourth-order valence-electron chi connectivity index (χ4n) is 3.46. The Morgan fingerprint density at radius 2 is 1.90 bits per heavy atom. The van der Waals surface area contributed by atoms with E-state index in [-0.39, 0.29) is 12.5 Å². The largest absolute Gasteiger partial charge is 0.481 e. The van der Waals surface area contributed by atoms with Crippen molar-refractivity contribution in [3.8, 4) is 0 Å². The number of carboxylic acids is 1. The van der Waals surface area contributed by atoms with Gasteiger partial charge < -0.3 is 10.4 Å². The molecule has 0 aliphatic heterocycles. The summed E-state index contributed by atoms with van der Waals surface area (Å²) in [4.78, 5) is 25.8. The SMILES string of the molecule is O=C(NCC1(C(=O)O)CCCC1)c1cc2c(s1)CCCC2. The second kappa shape index (κ2) is 5.79. The zero-order valence-electron chi connectivity index (χ0n) is 12.1. The average Bonchev–Trinajstić information content (AvgIpc) is 3.12. The first-order valence-electron chi connectivity index (χ1n) is 7.74. The minimum Gasteiger partial charge on any atom is -0.481 e. The van der Waals surface area contributed by atoms with Gasteiger partial charge in [-0.15, -0.1) is 11.3 Å². The summed E-state index contributed by atoms with van der Waals surface area (Å²) in [6, 6.07) is 2.00. The topological polar surface area (TPSA) is 66.4 Å². The summed E-state index contributed by atoms with van der Waals surface area (Å²) in [7, 11) is 0. The second-order valence-electron chi connectivity index (χ2n) is 6.24. The van der Waals surface area contributed by atoms with Crippen molar-refractivity contribution in [1.82, 2.24) is 5.32 Å². The Labute approximate surface area is 128 Å². The summed E-state index contributed by atoms with van der Waals surface area (Å²) < 4.78 is 0. The van der Waals surface area contributed by atoms with E-state index < -0.39 is 11.4 Å². The lowest BCUT2D eigenvalue weighted by Gasteiger charge is -2.23. The highest BCUT2D eigenvalue weighted by atomic mass is 32.1. The van der Waals surface area contributed by atoms with Crippen LogP contribution in [0.15, 0.2) is 6.07 Å². The van der Waals surface area contributed by atoms with Crippen molar-refractivity contribution in [1.29, 1.82) is 0 Å². The zero-order chi connectivity index (χ0) is 14.9. The number of amides is 1. The number of nitrogens with one attached hydrogen (secondary N) is 1. The fraction of sp³-hybridized carbons (Fsp3) is 0.625. The van der Waals surface area contributed by atoms with E-state index in [1.807, 2.05) is 6.07 Å². The number of carboxylic acid groups (broad SMARTS) is 1. The van der Waals surface area contributed by atoms with Crippen molar-refractivity contribution in [3.63, 3.8) is 0 Å². The number of aliphatic carboxylic acids is 1. The molecule has 1 saturated carbocycles. The van der Waals surface area contributed by atoms with E-state index in [2.05, 4.69) is 5.32 Å². The zero-order valence-corrected chi connectivity index (χ0v) is 12.9. The Morgan fingerprint density at radius 3 is 2.57 bits per heavy atom. The molecule has 3 rings (SSSR count). The predicted molar refractivity (Wildman–Crippen MR) is 81.8 cm³/mol. The van der Waals surface area contributed by atoms with Crippen LogP contribution in [0, 0.1) is 5.41 Å². The Bertz CT molecular complexity index is 534. The maximum absolute atomic E-state index is 12.3. The monoisotopic (exact) mass is 307 g/mol. The van der Waals surface area contributed by atoms with E-state index in [1.54, 1.807) is 11.3 Å². The number of carbonyl (C=O) groups excluding carboxylic acids is 1. The molecular formula is C16H21NO3S. The third-order valence-electron chi connectivity index (χ3n) is 4.82. The molecule has 21 heavy (non-hydrogen) atoms. The highest BCUT2D eigenvalue weighted by Crippen LogP contribution is 2.38. The van der Waals surface area contributed by atoms with Crippen molar-refractivity contribution in [3.05, 3.63) is 21.4 Å². The van der Waals surface area contributed by atoms with Crippen LogP contribution in [0.3, 0.4) is 0 Å². The Hall–Kier alpha value is -1.36. The molecule has 0 unspecified atom stereocenters. The highest BCUT2D eigenvalue weighted by molar-refractivity contribution is 7.14. The van der Waals surface area contributed by atoms with E-state index in [1.165, 1.54) is 23.3 Å². The minimum atomic E-state index is -0.772. The van der Waals surface area contributed by atoms with Crippen molar-refractivity contribution < 1.29 is 14.7 Å². The number of hydrogen-bond donors (Lipinski definition) is 2. The molecule has 0 atom stereocenters. The standard InChI is InChI=1S/C16H21NO3S/c18-14(13-9-11-5-1-2-6-12(11)21-13)17-10-16(15(19)20)7-3-4-8-16/h9H,1-8,10H2,(H,17,18)(H,19,20). The third kappa shape index (κ3) is 2.84. The van der Waals surface area contributed by atoms with E-state index in [0.717, 1.165) is 30.6 Å². The molecule has 0 aromatic carbocycles. The quantitative estimate of drug-likeness (QED) is 0.898. The molecule has 0 bridgehead atoms.